The molecular formula is C18H20ClN3O5S2. The summed E-state index contributed by atoms with van der Waals surface area (Å²) in [5, 5.41) is 0.555. The van der Waals surface area contributed by atoms with Crippen LogP contribution in [0.1, 0.15) is 0 Å². The molecule has 0 aliphatic carbocycles. The lowest BCUT2D eigenvalue weighted by atomic mass is 10.3. The monoisotopic (exact) mass is 457 g/mol. The molecule has 3 rings (SSSR count). The number of rotatable bonds is 6. The van der Waals surface area contributed by atoms with E-state index >= 15 is 0 Å². The van der Waals surface area contributed by atoms with E-state index in [1.165, 1.54) is 30.2 Å². The van der Waals surface area contributed by atoms with Crippen LogP contribution in [0.2, 0.25) is 5.02 Å². The molecule has 0 unspecified atom stereocenters. The van der Waals surface area contributed by atoms with Gasteiger partial charge >= 0.3 is 5.97 Å². The molecule has 1 aromatic carbocycles. The molecule has 0 bridgehead atoms. The van der Waals surface area contributed by atoms with Gasteiger partial charge in [0.05, 0.1) is 42.0 Å². The Morgan fingerprint density at radius 3 is 2.76 bits per heavy atom. The maximum atomic E-state index is 12.3. The van der Waals surface area contributed by atoms with Crippen molar-refractivity contribution in [3.63, 3.8) is 0 Å². The van der Waals surface area contributed by atoms with Crippen molar-refractivity contribution >= 4 is 62.7 Å². The minimum absolute atomic E-state index is 0.0108. The van der Waals surface area contributed by atoms with Crippen LogP contribution in [-0.4, -0.2) is 72.2 Å². The number of thioether (sulfide) groups is 1. The number of benzene rings is 1. The number of morpholine rings is 1. The summed E-state index contributed by atoms with van der Waals surface area (Å²) in [6.07, 6.45) is 0. The van der Waals surface area contributed by atoms with Crippen molar-refractivity contribution in [3.8, 4) is 0 Å². The van der Waals surface area contributed by atoms with Gasteiger partial charge in [0.2, 0.25) is 5.91 Å². The van der Waals surface area contributed by atoms with Crippen molar-refractivity contribution in [1.82, 2.24) is 9.47 Å². The van der Waals surface area contributed by atoms with Gasteiger partial charge in [-0.15, -0.1) is 11.8 Å². The van der Waals surface area contributed by atoms with Crippen LogP contribution in [0.15, 0.2) is 23.2 Å². The summed E-state index contributed by atoms with van der Waals surface area (Å²) >= 11 is 8.53. The Labute approximate surface area is 180 Å². The van der Waals surface area contributed by atoms with E-state index in [4.69, 9.17) is 21.1 Å². The molecule has 0 spiro atoms. The first-order valence-electron chi connectivity index (χ1n) is 8.84. The molecule has 0 atom stereocenters. The van der Waals surface area contributed by atoms with Crippen molar-refractivity contribution in [3.05, 3.63) is 28.0 Å². The number of hydrogen-bond donors (Lipinski definition) is 0. The summed E-state index contributed by atoms with van der Waals surface area (Å²) in [6, 6.07) is 5.24. The largest absolute Gasteiger partial charge is 0.468 e. The molecule has 0 saturated carbocycles. The number of methoxy groups -OCH3 is 1. The summed E-state index contributed by atoms with van der Waals surface area (Å²) in [5.74, 6) is -0.544. The molecule has 2 heterocycles. The number of aromatic nitrogens is 1. The summed E-state index contributed by atoms with van der Waals surface area (Å²) < 4.78 is 12.4. The van der Waals surface area contributed by atoms with E-state index in [0.717, 1.165) is 10.2 Å². The second-order valence-electron chi connectivity index (χ2n) is 6.15. The second kappa shape index (κ2) is 10.2. The van der Waals surface area contributed by atoms with Gasteiger partial charge in [0.25, 0.3) is 5.91 Å². The molecule has 11 heteroatoms. The molecule has 0 N–H and O–H groups in total. The Bertz CT molecular complexity index is 982. The molecule has 156 valence electrons. The number of carbonyl (C=O) groups is 3. The van der Waals surface area contributed by atoms with E-state index in [1.807, 2.05) is 0 Å². The molecule has 29 heavy (non-hydrogen) atoms. The zero-order valence-corrected chi connectivity index (χ0v) is 18.1. The SMILES string of the molecule is COC(=O)Cn1c(=NC(=O)CSCC(=O)N2CCOCC2)sc2cc(Cl)ccc21. The maximum absolute atomic E-state index is 12.3. The Balaban J connectivity index is 1.70. The maximum Gasteiger partial charge on any atom is 0.325 e. The molecule has 8 nitrogen and oxygen atoms in total. The minimum atomic E-state index is -0.445. The van der Waals surface area contributed by atoms with Gasteiger partial charge in [-0.3, -0.25) is 14.4 Å². The van der Waals surface area contributed by atoms with Gasteiger partial charge in [-0.05, 0) is 18.2 Å². The molecule has 1 fully saturated rings. The van der Waals surface area contributed by atoms with Gasteiger partial charge < -0.3 is 18.9 Å². The van der Waals surface area contributed by atoms with Crippen LogP contribution >= 0.6 is 34.7 Å². The lowest BCUT2D eigenvalue weighted by molar-refractivity contribution is -0.141. The number of thiazole rings is 1. The molecule has 1 aliphatic heterocycles. The third kappa shape index (κ3) is 5.81. The van der Waals surface area contributed by atoms with Gasteiger partial charge in [-0.2, -0.15) is 4.99 Å². The Hall–Kier alpha value is -1.88. The van der Waals surface area contributed by atoms with Gasteiger partial charge in [0.15, 0.2) is 4.80 Å². The fourth-order valence-electron chi connectivity index (χ4n) is 2.75. The molecule has 0 radical (unpaired) electrons. The quantitative estimate of drug-likeness (QED) is 0.611. The van der Waals surface area contributed by atoms with Crippen LogP contribution in [0, 0.1) is 0 Å². The van der Waals surface area contributed by atoms with E-state index < -0.39 is 5.97 Å². The number of fused-ring (bicyclic) bond motifs is 1. The van der Waals surface area contributed by atoms with E-state index in [9.17, 15) is 14.4 Å². The average Bonchev–Trinajstić information content (AvgIpc) is 3.04. The number of carbonyl (C=O) groups excluding carboxylic acids is 3. The van der Waals surface area contributed by atoms with E-state index in [2.05, 4.69) is 4.99 Å². The molecule has 1 aromatic heterocycles. The third-order valence-corrected chi connectivity index (χ3v) is 6.37. The fourth-order valence-corrected chi connectivity index (χ4v) is 4.77. The van der Waals surface area contributed by atoms with E-state index in [-0.39, 0.29) is 29.9 Å². The van der Waals surface area contributed by atoms with Gasteiger partial charge in [0.1, 0.15) is 6.54 Å². The van der Waals surface area contributed by atoms with Crippen molar-refractivity contribution < 1.29 is 23.9 Å². The lowest BCUT2D eigenvalue weighted by Crippen LogP contribution is -2.41. The number of amides is 2. The summed E-state index contributed by atoms with van der Waals surface area (Å²) in [7, 11) is 1.30. The van der Waals surface area contributed by atoms with Crippen LogP contribution < -0.4 is 4.80 Å². The first kappa shape index (κ1) is 21.8. The number of nitrogens with zero attached hydrogens (tertiary/aromatic N) is 3. The summed E-state index contributed by atoms with van der Waals surface area (Å²) in [6.45, 7) is 2.18. The lowest BCUT2D eigenvalue weighted by Gasteiger charge is -2.26. The highest BCUT2D eigenvalue weighted by Crippen LogP contribution is 2.22. The second-order valence-corrected chi connectivity index (χ2v) is 8.58. The van der Waals surface area contributed by atoms with Crippen LogP contribution in [0.25, 0.3) is 10.2 Å². The highest BCUT2D eigenvalue weighted by molar-refractivity contribution is 8.00. The minimum Gasteiger partial charge on any atom is -0.468 e. The third-order valence-electron chi connectivity index (χ3n) is 4.19. The number of ether oxygens (including phenoxy) is 2. The van der Waals surface area contributed by atoms with Crippen LogP contribution in [-0.2, 0) is 30.4 Å². The molecule has 2 amide bonds. The first-order chi connectivity index (χ1) is 14.0. The van der Waals surface area contributed by atoms with Crippen molar-refractivity contribution in [2.45, 2.75) is 6.54 Å². The Morgan fingerprint density at radius 1 is 1.28 bits per heavy atom. The molecule has 1 aliphatic rings. The van der Waals surface area contributed by atoms with Gasteiger partial charge in [0, 0.05) is 18.1 Å². The van der Waals surface area contributed by atoms with Gasteiger partial charge in [-0.25, -0.2) is 0 Å². The Kier molecular flexibility index (Phi) is 7.70. The highest BCUT2D eigenvalue weighted by Gasteiger charge is 2.17. The first-order valence-corrected chi connectivity index (χ1v) is 11.2. The number of hydrogen-bond acceptors (Lipinski definition) is 7. The summed E-state index contributed by atoms with van der Waals surface area (Å²) in [4.78, 5) is 42.5. The van der Waals surface area contributed by atoms with Gasteiger partial charge in [-0.1, -0.05) is 22.9 Å². The topological polar surface area (TPSA) is 90.2 Å². The van der Waals surface area contributed by atoms with Crippen molar-refractivity contribution in [2.75, 3.05) is 44.9 Å². The zero-order valence-electron chi connectivity index (χ0n) is 15.8. The zero-order chi connectivity index (χ0) is 20.8. The smallest absolute Gasteiger partial charge is 0.325 e. The predicted molar refractivity (Wildman–Crippen MR) is 112 cm³/mol. The van der Waals surface area contributed by atoms with Crippen molar-refractivity contribution in [2.24, 2.45) is 4.99 Å². The fraction of sp³-hybridized carbons (Fsp3) is 0.444. The van der Waals surface area contributed by atoms with E-state index in [0.29, 0.717) is 36.1 Å². The molecule has 1 saturated heterocycles. The molecular weight excluding hydrogens is 438 g/mol. The number of esters is 1. The Morgan fingerprint density at radius 2 is 2.03 bits per heavy atom. The van der Waals surface area contributed by atoms with Crippen LogP contribution in [0.5, 0.6) is 0 Å². The normalized spacial score (nSPS) is 15.0. The highest BCUT2D eigenvalue weighted by atomic mass is 35.5. The van der Waals surface area contributed by atoms with Crippen LogP contribution in [0.4, 0.5) is 0 Å². The van der Waals surface area contributed by atoms with E-state index in [1.54, 1.807) is 27.7 Å². The van der Waals surface area contributed by atoms with Crippen molar-refractivity contribution in [1.29, 1.82) is 0 Å². The number of halogens is 1. The average molecular weight is 458 g/mol. The predicted octanol–water partition coefficient (Wildman–Crippen LogP) is 1.55. The molecule has 2 aromatic rings. The standard InChI is InChI=1S/C18H20ClN3O5S2/c1-26-17(25)9-22-13-3-2-12(19)8-14(13)29-18(22)20-15(23)10-28-11-16(24)21-4-6-27-7-5-21/h2-3,8H,4-7,9-11H2,1H3. The summed E-state index contributed by atoms with van der Waals surface area (Å²) in [5.41, 5.74) is 0.742. The van der Waals surface area contributed by atoms with Crippen LogP contribution in [0.3, 0.4) is 0 Å².